The number of hydrogen-bond donors (Lipinski definition) is 1. The molecule has 2 aromatic heterocycles. The van der Waals surface area contributed by atoms with Gasteiger partial charge in [-0.15, -0.1) is 0 Å². The van der Waals surface area contributed by atoms with Crippen molar-refractivity contribution in [3.8, 4) is 0 Å². The van der Waals surface area contributed by atoms with E-state index in [1.165, 1.54) is 18.6 Å². The molecular formula is C7H4BrClN4O2S2. The molecule has 0 aromatic carbocycles. The lowest BCUT2D eigenvalue weighted by Crippen LogP contribution is -2.12. The third kappa shape index (κ3) is 3.12. The Kier molecular flexibility index (Phi) is 3.61. The highest BCUT2D eigenvalue weighted by atomic mass is 79.9. The van der Waals surface area contributed by atoms with Crippen LogP contribution in [-0.2, 0) is 10.0 Å². The Bertz CT molecular complexity index is 628. The van der Waals surface area contributed by atoms with E-state index in [2.05, 4.69) is 35.6 Å². The van der Waals surface area contributed by atoms with E-state index in [0.29, 0.717) is 4.60 Å². The summed E-state index contributed by atoms with van der Waals surface area (Å²) in [6.45, 7) is 0. The lowest BCUT2D eigenvalue weighted by molar-refractivity contribution is 0.602. The van der Waals surface area contributed by atoms with Crippen LogP contribution in [0.25, 0.3) is 0 Å². The first-order valence-electron chi connectivity index (χ1n) is 4.09. The van der Waals surface area contributed by atoms with Gasteiger partial charge >= 0.3 is 0 Å². The van der Waals surface area contributed by atoms with Crippen molar-refractivity contribution >= 4 is 54.7 Å². The maximum atomic E-state index is 11.8. The van der Waals surface area contributed by atoms with E-state index in [9.17, 15) is 8.42 Å². The molecule has 0 unspecified atom stereocenters. The predicted octanol–water partition coefficient (Wildman–Crippen LogP) is 2.15. The van der Waals surface area contributed by atoms with Crippen LogP contribution in [0.3, 0.4) is 0 Å². The number of thiazole rings is 1. The summed E-state index contributed by atoms with van der Waals surface area (Å²) in [4.78, 5) is 11.4. The van der Waals surface area contributed by atoms with Crippen LogP contribution in [0.1, 0.15) is 0 Å². The van der Waals surface area contributed by atoms with Crippen molar-refractivity contribution < 1.29 is 8.42 Å². The normalized spacial score (nSPS) is 11.4. The Hall–Kier alpha value is -0.770. The zero-order chi connectivity index (χ0) is 12.5. The van der Waals surface area contributed by atoms with E-state index >= 15 is 0 Å². The molecule has 17 heavy (non-hydrogen) atoms. The molecule has 0 radical (unpaired) electrons. The minimum absolute atomic E-state index is 0.0206. The fourth-order valence-electron chi connectivity index (χ4n) is 0.916. The Morgan fingerprint density at radius 1 is 1.24 bits per heavy atom. The number of anilines is 1. The van der Waals surface area contributed by atoms with E-state index < -0.39 is 10.0 Å². The first-order valence-corrected chi connectivity index (χ1v) is 7.56. The van der Waals surface area contributed by atoms with E-state index in [1.54, 1.807) is 0 Å². The van der Waals surface area contributed by atoms with Crippen molar-refractivity contribution in [1.29, 1.82) is 0 Å². The maximum Gasteiger partial charge on any atom is 0.274 e. The number of sulfonamides is 1. The molecule has 10 heteroatoms. The van der Waals surface area contributed by atoms with Crippen molar-refractivity contribution in [3.63, 3.8) is 0 Å². The molecule has 0 aliphatic rings. The zero-order valence-electron chi connectivity index (χ0n) is 7.96. The zero-order valence-corrected chi connectivity index (χ0v) is 11.9. The van der Waals surface area contributed by atoms with Crippen molar-refractivity contribution in [3.05, 3.63) is 27.7 Å². The third-order valence-corrected chi connectivity index (χ3v) is 4.92. The second kappa shape index (κ2) is 4.84. The minimum atomic E-state index is -3.70. The summed E-state index contributed by atoms with van der Waals surface area (Å²) in [6.07, 6.45) is 3.86. The van der Waals surface area contributed by atoms with Crippen LogP contribution in [0.5, 0.6) is 0 Å². The fraction of sp³-hybridized carbons (Fsp3) is 0. The van der Waals surface area contributed by atoms with Gasteiger partial charge in [-0.05, 0) is 15.9 Å². The molecule has 6 nitrogen and oxygen atoms in total. The molecule has 90 valence electrons. The quantitative estimate of drug-likeness (QED) is 0.912. The van der Waals surface area contributed by atoms with Crippen LogP contribution in [0.4, 0.5) is 5.82 Å². The molecule has 0 spiro atoms. The lowest BCUT2D eigenvalue weighted by Gasteiger charge is -2.03. The standard InChI is InChI=1S/C7H4BrClN4O2S2/c8-4-1-11-5(2-10-4)13-17(14,15)6-3-12-7(9)16-6/h1-3H,(H,11,13). The molecule has 2 aromatic rings. The van der Waals surface area contributed by atoms with Gasteiger partial charge in [0.15, 0.2) is 14.5 Å². The summed E-state index contributed by atoms with van der Waals surface area (Å²) >= 11 is 9.53. The minimum Gasteiger partial charge on any atom is -0.261 e. The predicted molar refractivity (Wildman–Crippen MR) is 67.7 cm³/mol. The first kappa shape index (κ1) is 12.7. The van der Waals surface area contributed by atoms with Crippen molar-refractivity contribution in [1.82, 2.24) is 15.0 Å². The summed E-state index contributed by atoms with van der Waals surface area (Å²) < 4.78 is 26.6. The Balaban J connectivity index is 2.26. The van der Waals surface area contributed by atoms with E-state index in [1.807, 2.05) is 0 Å². The van der Waals surface area contributed by atoms with Crippen molar-refractivity contribution in [2.75, 3.05) is 4.72 Å². The number of aromatic nitrogens is 3. The summed E-state index contributed by atoms with van der Waals surface area (Å²) in [5.41, 5.74) is 0. The van der Waals surface area contributed by atoms with Crippen LogP contribution >= 0.6 is 38.9 Å². The van der Waals surface area contributed by atoms with Crippen molar-refractivity contribution in [2.45, 2.75) is 4.21 Å². The van der Waals surface area contributed by atoms with Gasteiger partial charge in [0, 0.05) is 0 Å². The SMILES string of the molecule is O=S(=O)(Nc1cnc(Br)cn1)c1cnc(Cl)s1. The lowest BCUT2D eigenvalue weighted by atomic mass is 10.7. The molecule has 1 N–H and O–H groups in total. The van der Waals surface area contributed by atoms with Gasteiger partial charge < -0.3 is 0 Å². The first-order chi connectivity index (χ1) is 7.97. The molecule has 0 saturated heterocycles. The van der Waals surface area contributed by atoms with Crippen LogP contribution in [0.2, 0.25) is 4.47 Å². The highest BCUT2D eigenvalue weighted by Gasteiger charge is 2.18. The number of hydrogen-bond acceptors (Lipinski definition) is 6. The smallest absolute Gasteiger partial charge is 0.261 e. The van der Waals surface area contributed by atoms with Crippen LogP contribution in [-0.4, -0.2) is 23.4 Å². The maximum absolute atomic E-state index is 11.8. The Labute approximate surface area is 114 Å². The van der Waals surface area contributed by atoms with Crippen LogP contribution < -0.4 is 4.72 Å². The molecular weight excluding hydrogens is 352 g/mol. The highest BCUT2D eigenvalue weighted by Crippen LogP contribution is 2.24. The molecule has 0 bridgehead atoms. The molecule has 0 amide bonds. The van der Waals surface area contributed by atoms with Crippen molar-refractivity contribution in [2.24, 2.45) is 0 Å². The summed E-state index contributed by atoms with van der Waals surface area (Å²) in [5, 5.41) is 0. The van der Waals surface area contributed by atoms with Gasteiger partial charge in [-0.25, -0.2) is 23.4 Å². The van der Waals surface area contributed by atoms with Gasteiger partial charge in [-0.3, -0.25) is 4.72 Å². The number of rotatable bonds is 3. The van der Waals surface area contributed by atoms with Gasteiger partial charge in [0.2, 0.25) is 0 Å². The average molecular weight is 356 g/mol. The Morgan fingerprint density at radius 2 is 2.00 bits per heavy atom. The second-order valence-electron chi connectivity index (χ2n) is 2.76. The molecule has 0 aliphatic heterocycles. The number of halogens is 2. The summed E-state index contributed by atoms with van der Waals surface area (Å²) in [6, 6.07) is 0. The van der Waals surface area contributed by atoms with Crippen LogP contribution in [0.15, 0.2) is 27.4 Å². The molecule has 2 rings (SSSR count). The average Bonchev–Trinajstić information content (AvgIpc) is 2.69. The molecule has 0 saturated carbocycles. The number of nitrogens with one attached hydrogen (secondary N) is 1. The largest absolute Gasteiger partial charge is 0.274 e. The molecule has 0 aliphatic carbocycles. The highest BCUT2D eigenvalue weighted by molar-refractivity contribution is 9.10. The van der Waals surface area contributed by atoms with E-state index in [-0.39, 0.29) is 14.5 Å². The van der Waals surface area contributed by atoms with Gasteiger partial charge in [0.1, 0.15) is 4.60 Å². The summed E-state index contributed by atoms with van der Waals surface area (Å²) in [5.74, 6) is 0.123. The van der Waals surface area contributed by atoms with Gasteiger partial charge in [-0.2, -0.15) is 0 Å². The van der Waals surface area contributed by atoms with E-state index in [0.717, 1.165) is 11.3 Å². The van der Waals surface area contributed by atoms with Gasteiger partial charge in [0.05, 0.1) is 18.6 Å². The third-order valence-electron chi connectivity index (χ3n) is 1.58. The fourth-order valence-corrected chi connectivity index (χ4v) is 3.41. The molecule has 0 atom stereocenters. The molecule has 0 fully saturated rings. The second-order valence-corrected chi connectivity index (χ2v) is 7.10. The van der Waals surface area contributed by atoms with Crippen LogP contribution in [0, 0.1) is 0 Å². The summed E-state index contributed by atoms with van der Waals surface area (Å²) in [7, 11) is -3.70. The topological polar surface area (TPSA) is 84.8 Å². The monoisotopic (exact) mass is 354 g/mol. The van der Waals surface area contributed by atoms with E-state index in [4.69, 9.17) is 11.6 Å². The van der Waals surface area contributed by atoms with Gasteiger partial charge in [-0.1, -0.05) is 22.9 Å². The molecule has 2 heterocycles. The number of nitrogens with zero attached hydrogens (tertiary/aromatic N) is 3. The Morgan fingerprint density at radius 3 is 2.53 bits per heavy atom. The van der Waals surface area contributed by atoms with Gasteiger partial charge in [0.25, 0.3) is 10.0 Å².